The van der Waals surface area contributed by atoms with Crippen LogP contribution < -0.4 is 14.8 Å². The Labute approximate surface area is 223 Å². The fourth-order valence-electron chi connectivity index (χ4n) is 5.74. The van der Waals surface area contributed by atoms with Gasteiger partial charge in [-0.25, -0.2) is 4.39 Å². The van der Waals surface area contributed by atoms with Gasteiger partial charge in [0.25, 0.3) is 0 Å². The highest BCUT2D eigenvalue weighted by Crippen LogP contribution is 2.52. The molecule has 0 unspecified atom stereocenters. The second kappa shape index (κ2) is 11.7. The number of thioether (sulfide) groups is 1. The van der Waals surface area contributed by atoms with Gasteiger partial charge in [-0.15, -0.1) is 10.2 Å². The third-order valence-electron chi connectivity index (χ3n) is 7.44. The summed E-state index contributed by atoms with van der Waals surface area (Å²) in [5.41, 5.74) is 0.466. The van der Waals surface area contributed by atoms with Gasteiger partial charge in [0.1, 0.15) is 12.4 Å². The summed E-state index contributed by atoms with van der Waals surface area (Å²) in [5, 5.41) is 12.1. The van der Waals surface area contributed by atoms with Crippen LogP contribution in [0.3, 0.4) is 0 Å². The first-order chi connectivity index (χ1) is 18.4. The number of alkyl halides is 2. The van der Waals surface area contributed by atoms with E-state index in [1.807, 2.05) is 4.57 Å². The Balaban J connectivity index is 1.27. The molecule has 0 spiro atoms. The second-order valence-corrected chi connectivity index (χ2v) is 10.7. The van der Waals surface area contributed by atoms with Crippen LogP contribution in [0.15, 0.2) is 53.7 Å². The first-order valence-electron chi connectivity index (χ1n) is 12.7. The SMILES string of the molecule is C[C@@H]([C@H]1C[C@H]2CC[C@H]1C2)n1c(COc2ccccc2F)nnc1SCC(=O)Nc1ccc(OC(F)F)cc1. The molecule has 2 bridgehead atoms. The van der Waals surface area contributed by atoms with Crippen molar-refractivity contribution in [1.82, 2.24) is 14.8 Å². The maximum absolute atomic E-state index is 14.1. The van der Waals surface area contributed by atoms with Crippen molar-refractivity contribution >= 4 is 23.4 Å². The number of anilines is 1. The summed E-state index contributed by atoms with van der Waals surface area (Å²) in [5.74, 6) is 2.01. The number of nitrogens with one attached hydrogen (secondary N) is 1. The van der Waals surface area contributed by atoms with Gasteiger partial charge in [-0.2, -0.15) is 8.78 Å². The number of benzene rings is 2. The first kappa shape index (κ1) is 26.4. The molecular weight excluding hydrogens is 517 g/mol. The van der Waals surface area contributed by atoms with Gasteiger partial charge in [0, 0.05) is 11.7 Å². The van der Waals surface area contributed by atoms with Crippen LogP contribution in [0.5, 0.6) is 11.5 Å². The predicted molar refractivity (Wildman–Crippen MR) is 137 cm³/mol. The number of carbonyl (C=O) groups excluding carboxylic acids is 1. The second-order valence-electron chi connectivity index (χ2n) is 9.81. The Morgan fingerprint density at radius 3 is 2.61 bits per heavy atom. The van der Waals surface area contributed by atoms with Gasteiger partial charge in [0.05, 0.1) is 5.75 Å². The third kappa shape index (κ3) is 6.09. The Kier molecular flexibility index (Phi) is 8.11. The van der Waals surface area contributed by atoms with E-state index in [1.165, 1.54) is 61.4 Å². The van der Waals surface area contributed by atoms with Gasteiger partial charge < -0.3 is 14.8 Å². The van der Waals surface area contributed by atoms with E-state index in [0.717, 1.165) is 12.3 Å². The van der Waals surface area contributed by atoms with E-state index in [9.17, 15) is 18.0 Å². The molecule has 1 N–H and O–H groups in total. The van der Waals surface area contributed by atoms with Crippen molar-refractivity contribution in [2.24, 2.45) is 17.8 Å². The Hall–Kier alpha value is -3.21. The summed E-state index contributed by atoms with van der Waals surface area (Å²) in [6.07, 6.45) is 4.93. The smallest absolute Gasteiger partial charge is 0.387 e. The number of amides is 1. The van der Waals surface area contributed by atoms with E-state index in [0.29, 0.717) is 28.5 Å². The molecule has 2 aliphatic carbocycles. The Bertz CT molecular complexity index is 1260. The van der Waals surface area contributed by atoms with Crippen molar-refractivity contribution in [2.75, 3.05) is 11.1 Å². The molecule has 4 atom stereocenters. The Morgan fingerprint density at radius 2 is 1.92 bits per heavy atom. The summed E-state index contributed by atoms with van der Waals surface area (Å²) in [4.78, 5) is 12.6. The standard InChI is InChI=1S/C27H29F3N4O3S/c1-16(21-13-17-6-7-18(21)12-17)34-24(14-36-23-5-3-2-4-22(23)28)32-33-27(34)38-15-25(35)31-19-8-10-20(11-9-19)37-26(29)30/h2-5,8-11,16-18,21,26H,6-7,12-15H2,1H3,(H,31,35)/t16-,17-,18-,21+/m0/s1. The molecule has 7 nitrogen and oxygen atoms in total. The molecular formula is C27H29F3N4O3S. The highest BCUT2D eigenvalue weighted by molar-refractivity contribution is 7.99. The molecule has 3 aromatic rings. The van der Waals surface area contributed by atoms with Gasteiger partial charge in [-0.1, -0.05) is 30.3 Å². The fraction of sp³-hybridized carbons (Fsp3) is 0.444. The number of carbonyl (C=O) groups is 1. The number of ether oxygens (including phenoxy) is 2. The Morgan fingerprint density at radius 1 is 1.13 bits per heavy atom. The van der Waals surface area contributed by atoms with Crippen molar-refractivity contribution in [3.63, 3.8) is 0 Å². The number of rotatable bonds is 11. The van der Waals surface area contributed by atoms with Gasteiger partial charge in [-0.05, 0) is 80.3 Å². The molecule has 38 heavy (non-hydrogen) atoms. The van der Waals surface area contributed by atoms with E-state index in [2.05, 4.69) is 27.2 Å². The number of halogens is 3. The fourth-order valence-corrected chi connectivity index (χ4v) is 6.58. The van der Waals surface area contributed by atoms with Gasteiger partial charge in [0.2, 0.25) is 5.91 Å². The molecule has 0 radical (unpaired) electrons. The molecule has 2 fully saturated rings. The lowest BCUT2D eigenvalue weighted by molar-refractivity contribution is -0.113. The summed E-state index contributed by atoms with van der Waals surface area (Å²) < 4.78 is 50.9. The van der Waals surface area contributed by atoms with Crippen LogP contribution in [0.4, 0.5) is 18.9 Å². The minimum absolute atomic E-state index is 0.0141. The van der Waals surface area contributed by atoms with Crippen molar-refractivity contribution in [1.29, 1.82) is 0 Å². The van der Waals surface area contributed by atoms with Gasteiger partial charge in [-0.3, -0.25) is 9.36 Å². The number of nitrogens with zero attached hydrogens (tertiary/aromatic N) is 3. The molecule has 0 saturated heterocycles. The van der Waals surface area contributed by atoms with Crippen LogP contribution in [-0.2, 0) is 11.4 Å². The zero-order chi connectivity index (χ0) is 26.6. The zero-order valence-electron chi connectivity index (χ0n) is 20.9. The summed E-state index contributed by atoms with van der Waals surface area (Å²) in [7, 11) is 0. The molecule has 1 amide bonds. The summed E-state index contributed by atoms with van der Waals surface area (Å²) >= 11 is 1.26. The quantitative estimate of drug-likeness (QED) is 0.284. The van der Waals surface area contributed by atoms with E-state index in [1.54, 1.807) is 18.2 Å². The lowest BCUT2D eigenvalue weighted by Gasteiger charge is -2.30. The minimum atomic E-state index is -2.91. The zero-order valence-corrected chi connectivity index (χ0v) is 21.7. The number of hydrogen-bond acceptors (Lipinski definition) is 6. The van der Waals surface area contributed by atoms with E-state index in [-0.39, 0.29) is 35.8 Å². The molecule has 1 heterocycles. The van der Waals surface area contributed by atoms with Crippen LogP contribution in [0.1, 0.15) is 44.5 Å². The minimum Gasteiger partial charge on any atom is -0.483 e. The summed E-state index contributed by atoms with van der Waals surface area (Å²) in [6, 6.07) is 12.1. The highest BCUT2D eigenvalue weighted by Gasteiger charge is 2.43. The largest absolute Gasteiger partial charge is 0.483 e. The molecule has 0 aliphatic heterocycles. The molecule has 202 valence electrons. The molecule has 1 aromatic heterocycles. The van der Waals surface area contributed by atoms with E-state index < -0.39 is 12.4 Å². The van der Waals surface area contributed by atoms with Crippen molar-refractivity contribution in [3.8, 4) is 11.5 Å². The summed E-state index contributed by atoms with van der Waals surface area (Å²) in [6.45, 7) is -0.694. The first-order valence-corrected chi connectivity index (χ1v) is 13.6. The van der Waals surface area contributed by atoms with Crippen LogP contribution in [0.2, 0.25) is 0 Å². The predicted octanol–water partition coefficient (Wildman–Crippen LogP) is 6.33. The average Bonchev–Trinajstić information content (AvgIpc) is 3.64. The molecule has 2 aliphatic rings. The van der Waals surface area contributed by atoms with E-state index >= 15 is 0 Å². The van der Waals surface area contributed by atoms with Crippen molar-refractivity contribution < 1.29 is 27.4 Å². The van der Waals surface area contributed by atoms with E-state index in [4.69, 9.17) is 4.74 Å². The number of hydrogen-bond donors (Lipinski definition) is 1. The molecule has 2 aromatic carbocycles. The number of aromatic nitrogens is 3. The topological polar surface area (TPSA) is 78.3 Å². The van der Waals surface area contributed by atoms with Crippen LogP contribution >= 0.6 is 11.8 Å². The van der Waals surface area contributed by atoms with Crippen molar-refractivity contribution in [3.05, 3.63) is 60.2 Å². The number of fused-ring (bicyclic) bond motifs is 2. The maximum atomic E-state index is 14.1. The molecule has 11 heteroatoms. The molecule has 5 rings (SSSR count). The van der Waals surface area contributed by atoms with Gasteiger partial charge in [0.15, 0.2) is 22.5 Å². The van der Waals surface area contributed by atoms with Crippen molar-refractivity contribution in [2.45, 2.75) is 57.0 Å². The lowest BCUT2D eigenvalue weighted by Crippen LogP contribution is -2.25. The van der Waals surface area contributed by atoms with Gasteiger partial charge >= 0.3 is 6.61 Å². The normalized spacial score (nSPS) is 21.0. The lowest BCUT2D eigenvalue weighted by atomic mass is 9.84. The van der Waals surface area contributed by atoms with Crippen LogP contribution in [0.25, 0.3) is 0 Å². The third-order valence-corrected chi connectivity index (χ3v) is 8.39. The maximum Gasteiger partial charge on any atom is 0.387 e. The van der Waals surface area contributed by atoms with Crippen LogP contribution in [0, 0.1) is 23.6 Å². The average molecular weight is 547 g/mol. The highest BCUT2D eigenvalue weighted by atomic mass is 32.2. The monoisotopic (exact) mass is 546 g/mol. The van der Waals surface area contributed by atoms with Crippen LogP contribution in [-0.4, -0.2) is 33.0 Å². The molecule has 2 saturated carbocycles. The number of para-hydroxylation sites is 1.